The highest BCUT2D eigenvalue weighted by Gasteiger charge is 2.25. The first-order chi connectivity index (χ1) is 9.69. The lowest BCUT2D eigenvalue weighted by atomic mass is 10.1. The number of benzene rings is 1. The van der Waals surface area contributed by atoms with E-state index in [1.165, 1.54) is 12.8 Å². The highest BCUT2D eigenvalue weighted by atomic mass is 16.5. The number of nitrogen functional groups attached to an aromatic ring is 1. The molecule has 110 valence electrons. The maximum Gasteiger partial charge on any atom is 0.223 e. The van der Waals surface area contributed by atoms with Crippen molar-refractivity contribution in [2.24, 2.45) is 5.92 Å². The third-order valence-corrected chi connectivity index (χ3v) is 3.68. The number of nitrogens with two attached hydrogens (primary N) is 1. The number of hydrogen-bond acceptors (Lipinski definition) is 3. The zero-order chi connectivity index (χ0) is 14.4. The summed E-state index contributed by atoms with van der Waals surface area (Å²) in [4.78, 5) is 11.9. The van der Waals surface area contributed by atoms with E-state index in [9.17, 15) is 4.79 Å². The summed E-state index contributed by atoms with van der Waals surface area (Å²) in [6.07, 6.45) is 5.13. The summed E-state index contributed by atoms with van der Waals surface area (Å²) in [6.45, 7) is 2.48. The first-order valence-corrected chi connectivity index (χ1v) is 7.45. The Morgan fingerprint density at radius 2 is 2.20 bits per heavy atom. The molecule has 1 aromatic rings. The maximum absolute atomic E-state index is 11.9. The molecule has 0 radical (unpaired) electrons. The van der Waals surface area contributed by atoms with Crippen molar-refractivity contribution in [2.75, 3.05) is 12.3 Å². The van der Waals surface area contributed by atoms with Crippen LogP contribution in [-0.4, -0.2) is 18.6 Å². The number of anilines is 1. The Bertz CT molecular complexity index is 444. The first kappa shape index (κ1) is 14.7. The standard InChI is InChI=1S/C16H24N2O2/c1-2-13(11-12-7-8-12)18-16(19)9-10-20-15-6-4-3-5-14(15)17/h3-6,12-13H,2,7-11,17H2,1H3,(H,18,19). The molecular formula is C16H24N2O2. The molecule has 0 aromatic heterocycles. The van der Waals surface area contributed by atoms with Crippen LogP contribution >= 0.6 is 0 Å². The van der Waals surface area contributed by atoms with E-state index in [-0.39, 0.29) is 5.91 Å². The molecule has 0 spiro atoms. The molecule has 0 saturated heterocycles. The lowest BCUT2D eigenvalue weighted by Crippen LogP contribution is -2.35. The molecule has 0 bridgehead atoms. The van der Waals surface area contributed by atoms with Crippen molar-refractivity contribution < 1.29 is 9.53 Å². The van der Waals surface area contributed by atoms with Crippen molar-refractivity contribution in [1.29, 1.82) is 0 Å². The van der Waals surface area contributed by atoms with Crippen molar-refractivity contribution in [3.8, 4) is 5.75 Å². The largest absolute Gasteiger partial charge is 0.491 e. The predicted molar refractivity (Wildman–Crippen MR) is 80.5 cm³/mol. The Morgan fingerprint density at radius 1 is 1.45 bits per heavy atom. The fourth-order valence-corrected chi connectivity index (χ4v) is 2.25. The number of carbonyl (C=O) groups excluding carboxylic acids is 1. The number of amides is 1. The van der Waals surface area contributed by atoms with Gasteiger partial charge in [-0.3, -0.25) is 4.79 Å². The minimum atomic E-state index is 0.0620. The number of carbonyl (C=O) groups is 1. The SMILES string of the molecule is CCC(CC1CC1)NC(=O)CCOc1ccccc1N. The van der Waals surface area contributed by atoms with Crippen LogP contribution in [0.4, 0.5) is 5.69 Å². The van der Waals surface area contributed by atoms with E-state index >= 15 is 0 Å². The Labute approximate surface area is 120 Å². The molecule has 0 aliphatic heterocycles. The number of rotatable bonds is 8. The second-order valence-electron chi connectivity index (χ2n) is 5.49. The van der Waals surface area contributed by atoms with Gasteiger partial charge in [-0.1, -0.05) is 31.9 Å². The Morgan fingerprint density at radius 3 is 2.85 bits per heavy atom. The van der Waals surface area contributed by atoms with Gasteiger partial charge < -0.3 is 15.8 Å². The second kappa shape index (κ2) is 7.17. The van der Waals surface area contributed by atoms with Crippen molar-refractivity contribution in [2.45, 2.75) is 45.1 Å². The molecule has 20 heavy (non-hydrogen) atoms. The molecule has 1 aliphatic carbocycles. The summed E-state index contributed by atoms with van der Waals surface area (Å²) < 4.78 is 5.53. The van der Waals surface area contributed by atoms with Crippen LogP contribution < -0.4 is 15.8 Å². The molecule has 4 heteroatoms. The lowest BCUT2D eigenvalue weighted by Gasteiger charge is -2.16. The summed E-state index contributed by atoms with van der Waals surface area (Å²) in [5, 5.41) is 3.09. The minimum Gasteiger partial charge on any atom is -0.491 e. The third kappa shape index (κ3) is 4.76. The molecule has 3 N–H and O–H groups in total. The van der Waals surface area contributed by atoms with Crippen LogP contribution in [0.1, 0.15) is 39.0 Å². The third-order valence-electron chi connectivity index (χ3n) is 3.68. The van der Waals surface area contributed by atoms with Crippen LogP contribution in [0, 0.1) is 5.92 Å². The molecule has 1 unspecified atom stereocenters. The average Bonchev–Trinajstić information content (AvgIpc) is 3.24. The van der Waals surface area contributed by atoms with Gasteiger partial charge >= 0.3 is 0 Å². The molecule has 1 amide bonds. The van der Waals surface area contributed by atoms with E-state index in [4.69, 9.17) is 10.5 Å². The quantitative estimate of drug-likeness (QED) is 0.718. The van der Waals surface area contributed by atoms with Crippen LogP contribution in [0.25, 0.3) is 0 Å². The molecule has 1 saturated carbocycles. The van der Waals surface area contributed by atoms with E-state index in [0.717, 1.165) is 18.8 Å². The lowest BCUT2D eigenvalue weighted by molar-refractivity contribution is -0.122. The van der Waals surface area contributed by atoms with Gasteiger partial charge in [0.2, 0.25) is 5.91 Å². The molecule has 2 rings (SSSR count). The van der Waals surface area contributed by atoms with Gasteiger partial charge in [0.25, 0.3) is 0 Å². The Kier molecular flexibility index (Phi) is 5.27. The van der Waals surface area contributed by atoms with Crippen LogP contribution in [0.2, 0.25) is 0 Å². The van der Waals surface area contributed by atoms with Gasteiger partial charge in [-0.15, -0.1) is 0 Å². The molecule has 1 aliphatic rings. The fraction of sp³-hybridized carbons (Fsp3) is 0.562. The molecule has 1 atom stereocenters. The summed E-state index contributed by atoms with van der Waals surface area (Å²) >= 11 is 0. The number of hydrogen-bond donors (Lipinski definition) is 2. The van der Waals surface area contributed by atoms with Crippen molar-refractivity contribution >= 4 is 11.6 Å². The molecular weight excluding hydrogens is 252 g/mol. The number of para-hydroxylation sites is 2. The van der Waals surface area contributed by atoms with Gasteiger partial charge in [0.05, 0.1) is 18.7 Å². The first-order valence-electron chi connectivity index (χ1n) is 7.45. The van der Waals surface area contributed by atoms with Crippen molar-refractivity contribution in [3.05, 3.63) is 24.3 Å². The van der Waals surface area contributed by atoms with Gasteiger partial charge in [0.1, 0.15) is 5.75 Å². The smallest absolute Gasteiger partial charge is 0.223 e. The molecule has 1 aromatic carbocycles. The van der Waals surface area contributed by atoms with Gasteiger partial charge in [-0.05, 0) is 30.9 Å². The average molecular weight is 276 g/mol. The zero-order valence-electron chi connectivity index (χ0n) is 12.1. The van der Waals surface area contributed by atoms with Crippen molar-refractivity contribution in [1.82, 2.24) is 5.32 Å². The molecule has 0 heterocycles. The topological polar surface area (TPSA) is 64.3 Å². The Balaban J connectivity index is 1.67. The maximum atomic E-state index is 11.9. The van der Waals surface area contributed by atoms with Crippen LogP contribution in [0.5, 0.6) is 5.75 Å². The van der Waals surface area contributed by atoms with Crippen LogP contribution in [0.3, 0.4) is 0 Å². The van der Waals surface area contributed by atoms with Gasteiger partial charge in [-0.2, -0.15) is 0 Å². The van der Waals surface area contributed by atoms with Gasteiger partial charge in [-0.25, -0.2) is 0 Å². The number of ether oxygens (including phenoxy) is 1. The molecule has 1 fully saturated rings. The van der Waals surface area contributed by atoms with E-state index < -0.39 is 0 Å². The van der Waals surface area contributed by atoms with Crippen LogP contribution in [0.15, 0.2) is 24.3 Å². The van der Waals surface area contributed by atoms with E-state index in [1.807, 2.05) is 18.2 Å². The van der Waals surface area contributed by atoms with E-state index in [2.05, 4.69) is 12.2 Å². The summed E-state index contributed by atoms with van der Waals surface area (Å²) in [5.74, 6) is 1.54. The van der Waals surface area contributed by atoms with E-state index in [1.54, 1.807) is 6.07 Å². The summed E-state index contributed by atoms with van der Waals surface area (Å²) in [7, 11) is 0. The minimum absolute atomic E-state index is 0.0620. The van der Waals surface area contributed by atoms with Crippen molar-refractivity contribution in [3.63, 3.8) is 0 Å². The monoisotopic (exact) mass is 276 g/mol. The molecule has 4 nitrogen and oxygen atoms in total. The normalized spacial score (nSPS) is 15.7. The zero-order valence-corrected chi connectivity index (χ0v) is 12.1. The summed E-state index contributed by atoms with van der Waals surface area (Å²) in [6, 6.07) is 7.65. The highest BCUT2D eigenvalue weighted by Crippen LogP contribution is 2.34. The van der Waals surface area contributed by atoms with Gasteiger partial charge in [0.15, 0.2) is 0 Å². The van der Waals surface area contributed by atoms with E-state index in [0.29, 0.717) is 30.5 Å². The second-order valence-corrected chi connectivity index (χ2v) is 5.49. The highest BCUT2D eigenvalue weighted by molar-refractivity contribution is 5.76. The predicted octanol–water partition coefficient (Wildman–Crippen LogP) is 2.73. The van der Waals surface area contributed by atoms with Crippen LogP contribution in [-0.2, 0) is 4.79 Å². The number of nitrogens with one attached hydrogen (secondary N) is 1. The Hall–Kier alpha value is -1.71. The fourth-order valence-electron chi connectivity index (χ4n) is 2.25. The summed E-state index contributed by atoms with van der Waals surface area (Å²) in [5.41, 5.74) is 6.38. The van der Waals surface area contributed by atoms with Gasteiger partial charge in [0, 0.05) is 6.04 Å².